The minimum atomic E-state index is -1.37. The van der Waals surface area contributed by atoms with Gasteiger partial charge in [-0.25, -0.2) is 0 Å². The predicted molar refractivity (Wildman–Crippen MR) is 39.7 cm³/mol. The first-order chi connectivity index (χ1) is 4.54. The molecule has 0 heterocycles. The van der Waals surface area contributed by atoms with Crippen molar-refractivity contribution in [3.8, 4) is 0 Å². The van der Waals surface area contributed by atoms with E-state index in [1.54, 1.807) is 0 Å². The highest BCUT2D eigenvalue weighted by atomic mass is 32.2. The molecule has 0 aromatic rings. The first kappa shape index (κ1) is 9.78. The Morgan fingerprint density at radius 3 is 2.50 bits per heavy atom. The van der Waals surface area contributed by atoms with Crippen LogP contribution >= 0.6 is 0 Å². The molecule has 0 unspecified atom stereocenters. The van der Waals surface area contributed by atoms with Crippen molar-refractivity contribution < 1.29 is 15.0 Å². The molecule has 0 radical (unpaired) electrons. The van der Waals surface area contributed by atoms with Crippen molar-refractivity contribution in [2.75, 3.05) is 18.3 Å². The quantitative estimate of drug-likeness (QED) is 0.507. The van der Waals surface area contributed by atoms with Crippen LogP contribution in [0.15, 0.2) is 0 Å². The van der Waals surface area contributed by atoms with E-state index in [1.807, 2.05) is 12.5 Å². The molecule has 0 rings (SSSR count). The van der Waals surface area contributed by atoms with Gasteiger partial charge in [-0.2, -0.15) is 0 Å². The van der Waals surface area contributed by atoms with Gasteiger partial charge >= 0.3 is 0 Å². The average molecular weight is 164 g/mol. The maximum Gasteiger partial charge on any atom is 0.110 e. The molecule has 0 aliphatic rings. The van der Waals surface area contributed by atoms with Crippen LogP contribution in [0.1, 0.15) is 6.42 Å². The molecule has 0 aliphatic carbocycles. The third-order valence-corrected chi connectivity index (χ3v) is 2.12. The van der Waals surface area contributed by atoms with E-state index in [9.17, 15) is 9.90 Å². The molecule has 0 aromatic carbocycles. The smallest absolute Gasteiger partial charge is 0.110 e. The van der Waals surface area contributed by atoms with Crippen LogP contribution < -0.4 is 5.11 Å². The summed E-state index contributed by atoms with van der Waals surface area (Å²) >= 11 is 0. The van der Waals surface area contributed by atoms with Gasteiger partial charge in [0.2, 0.25) is 0 Å². The summed E-state index contributed by atoms with van der Waals surface area (Å²) in [7, 11) is 0.196. The summed E-state index contributed by atoms with van der Waals surface area (Å²) in [4.78, 5) is 9.95. The summed E-state index contributed by atoms with van der Waals surface area (Å²) in [5.74, 6) is -0.625. The van der Waals surface area contributed by atoms with Gasteiger partial charge in [-0.15, -0.1) is 0 Å². The molecule has 1 atom stereocenters. The van der Waals surface area contributed by atoms with Gasteiger partial charge in [0, 0.05) is 6.42 Å². The van der Waals surface area contributed by atoms with Crippen molar-refractivity contribution in [3.63, 3.8) is 0 Å². The molecule has 0 aromatic heterocycles. The van der Waals surface area contributed by atoms with Crippen LogP contribution in [0.3, 0.4) is 0 Å². The Balaban J connectivity index is 3.40. The number of carboxylic acids is 1. The lowest BCUT2D eigenvalue weighted by molar-refractivity contribution is -0.315. The van der Waals surface area contributed by atoms with Crippen LogP contribution in [0.2, 0.25) is 0 Å². The Labute approximate surface area is 63.4 Å². The Morgan fingerprint density at radius 1 is 1.70 bits per heavy atom. The fraction of sp³-hybridized carbons (Fsp3) is 0.833. The number of aliphatic hydroxyl groups is 1. The van der Waals surface area contributed by atoms with E-state index in [1.165, 1.54) is 0 Å². The lowest BCUT2D eigenvalue weighted by Crippen LogP contribution is -2.36. The van der Waals surface area contributed by atoms with Gasteiger partial charge in [0.25, 0.3) is 0 Å². The lowest BCUT2D eigenvalue weighted by Gasteiger charge is -2.08. The summed E-state index contributed by atoms with van der Waals surface area (Å²) in [5.41, 5.74) is 0. The maximum absolute atomic E-state index is 9.95. The Hall–Kier alpha value is -0.220. The predicted octanol–water partition coefficient (Wildman–Crippen LogP) is -1.63. The standard InChI is InChI=1S/C6H12O3S/c1-10(2)4-3-5(7)6(8)9/h5,7H,3-4H2,1-2H3/t5-/m1/s1. The fourth-order valence-electron chi connectivity index (χ4n) is 0.465. The van der Waals surface area contributed by atoms with Crippen LogP contribution in [0, 0.1) is 0 Å². The van der Waals surface area contributed by atoms with Crippen molar-refractivity contribution in [1.29, 1.82) is 0 Å². The van der Waals surface area contributed by atoms with Crippen LogP contribution in [0.5, 0.6) is 0 Å². The SMILES string of the molecule is C[S+](C)CC[C@@H](O)C(=O)[O-]. The van der Waals surface area contributed by atoms with Gasteiger partial charge in [-0.05, 0) is 10.9 Å². The molecular formula is C6H12O3S. The van der Waals surface area contributed by atoms with E-state index in [2.05, 4.69) is 0 Å². The summed E-state index contributed by atoms with van der Waals surface area (Å²) < 4.78 is 0. The Bertz CT molecular complexity index is 114. The zero-order valence-electron chi connectivity index (χ0n) is 6.16. The molecule has 60 valence electrons. The van der Waals surface area contributed by atoms with E-state index in [4.69, 9.17) is 5.11 Å². The van der Waals surface area contributed by atoms with Crippen LogP contribution in [-0.2, 0) is 15.7 Å². The summed E-state index contributed by atoms with van der Waals surface area (Å²) in [6.45, 7) is 0. The molecule has 0 bridgehead atoms. The molecular weight excluding hydrogens is 152 g/mol. The number of hydrogen-bond donors (Lipinski definition) is 1. The van der Waals surface area contributed by atoms with Crippen molar-refractivity contribution in [2.45, 2.75) is 12.5 Å². The van der Waals surface area contributed by atoms with Crippen molar-refractivity contribution in [3.05, 3.63) is 0 Å². The number of aliphatic carboxylic acids is 1. The van der Waals surface area contributed by atoms with Crippen LogP contribution in [0.25, 0.3) is 0 Å². The van der Waals surface area contributed by atoms with Gasteiger partial charge in [0.05, 0.1) is 24.6 Å². The number of rotatable bonds is 4. The second-order valence-electron chi connectivity index (χ2n) is 2.31. The average Bonchev–Trinajstić information content (AvgIpc) is 1.82. The largest absolute Gasteiger partial charge is 0.547 e. The van der Waals surface area contributed by atoms with Crippen molar-refractivity contribution in [2.24, 2.45) is 0 Å². The molecule has 0 amide bonds. The van der Waals surface area contributed by atoms with Gasteiger partial charge in [-0.1, -0.05) is 0 Å². The van der Waals surface area contributed by atoms with Gasteiger partial charge in [-0.3, -0.25) is 0 Å². The summed E-state index contributed by atoms with van der Waals surface area (Å²) in [5, 5.41) is 18.7. The lowest BCUT2D eigenvalue weighted by atomic mass is 10.3. The van der Waals surface area contributed by atoms with E-state index in [-0.39, 0.29) is 10.9 Å². The van der Waals surface area contributed by atoms with E-state index >= 15 is 0 Å². The highest BCUT2D eigenvalue weighted by Crippen LogP contribution is 1.94. The molecule has 0 fully saturated rings. The van der Waals surface area contributed by atoms with E-state index in [0.717, 1.165) is 5.75 Å². The third kappa shape index (κ3) is 4.64. The number of carboxylic acid groups (broad SMARTS) is 1. The van der Waals surface area contributed by atoms with Crippen LogP contribution in [-0.4, -0.2) is 35.4 Å². The van der Waals surface area contributed by atoms with E-state index < -0.39 is 12.1 Å². The molecule has 0 aliphatic heterocycles. The third-order valence-electron chi connectivity index (χ3n) is 1.07. The molecule has 0 saturated heterocycles. The minimum Gasteiger partial charge on any atom is -0.547 e. The second-order valence-corrected chi connectivity index (χ2v) is 4.69. The number of aliphatic hydroxyl groups excluding tert-OH is 1. The van der Waals surface area contributed by atoms with Gasteiger partial charge in [0.1, 0.15) is 5.75 Å². The zero-order chi connectivity index (χ0) is 8.15. The highest BCUT2D eigenvalue weighted by molar-refractivity contribution is 7.95. The Morgan fingerprint density at radius 2 is 2.20 bits per heavy atom. The van der Waals surface area contributed by atoms with E-state index in [0.29, 0.717) is 6.42 Å². The summed E-state index contributed by atoms with van der Waals surface area (Å²) in [6.07, 6.45) is 3.03. The van der Waals surface area contributed by atoms with Gasteiger partial charge < -0.3 is 15.0 Å². The fourth-order valence-corrected chi connectivity index (χ4v) is 1.16. The normalized spacial score (nSPS) is 13.6. The monoisotopic (exact) mass is 164 g/mol. The molecule has 4 heteroatoms. The minimum absolute atomic E-state index is 0.196. The Kier molecular flexibility index (Phi) is 4.47. The molecule has 1 N–H and O–H groups in total. The number of carbonyl (C=O) groups excluding carboxylic acids is 1. The maximum atomic E-state index is 9.95. The van der Waals surface area contributed by atoms with Crippen molar-refractivity contribution in [1.82, 2.24) is 0 Å². The van der Waals surface area contributed by atoms with Crippen LogP contribution in [0.4, 0.5) is 0 Å². The first-order valence-electron chi connectivity index (χ1n) is 2.97. The molecule has 10 heavy (non-hydrogen) atoms. The summed E-state index contributed by atoms with van der Waals surface area (Å²) in [6, 6.07) is 0. The zero-order valence-corrected chi connectivity index (χ0v) is 6.98. The number of hydrogen-bond acceptors (Lipinski definition) is 3. The molecule has 0 saturated carbocycles. The molecule has 3 nitrogen and oxygen atoms in total. The topological polar surface area (TPSA) is 60.4 Å². The first-order valence-corrected chi connectivity index (χ1v) is 5.18. The number of carbonyl (C=O) groups is 1. The second kappa shape index (κ2) is 4.57. The van der Waals surface area contributed by atoms with Gasteiger partial charge in [0.15, 0.2) is 0 Å². The molecule has 0 spiro atoms. The highest BCUT2D eigenvalue weighted by Gasteiger charge is 2.09. The van der Waals surface area contributed by atoms with Crippen molar-refractivity contribution >= 4 is 16.9 Å².